The van der Waals surface area contributed by atoms with Gasteiger partial charge in [0.15, 0.2) is 11.5 Å². The van der Waals surface area contributed by atoms with Crippen LogP contribution in [0.4, 0.5) is 16.2 Å². The molecule has 0 saturated carbocycles. The number of ether oxygens (including phenoxy) is 2. The van der Waals surface area contributed by atoms with E-state index in [4.69, 9.17) is 9.47 Å². The van der Waals surface area contributed by atoms with Crippen LogP contribution in [0.25, 0.3) is 27.5 Å². The topological polar surface area (TPSA) is 113 Å². The Morgan fingerprint density at radius 2 is 1.42 bits per heavy atom. The van der Waals surface area contributed by atoms with E-state index in [1.807, 2.05) is 119 Å². The van der Waals surface area contributed by atoms with Crippen molar-refractivity contribution in [1.82, 2.24) is 23.8 Å². The highest BCUT2D eigenvalue weighted by atomic mass is 16.5. The van der Waals surface area contributed by atoms with Crippen molar-refractivity contribution in [2.75, 3.05) is 51.8 Å². The van der Waals surface area contributed by atoms with Gasteiger partial charge in [-0.05, 0) is 78.7 Å². The molecule has 12 heteroatoms. The Kier molecular flexibility index (Phi) is 11.6. The fourth-order valence-electron chi connectivity index (χ4n) is 9.47. The summed E-state index contributed by atoms with van der Waals surface area (Å²) in [5.41, 5.74) is 7.12. The molecular formula is C54H50N6O6. The number of carbonyl (C=O) groups is 3. The molecule has 0 spiro atoms. The van der Waals surface area contributed by atoms with Gasteiger partial charge in [0.2, 0.25) is 0 Å². The zero-order chi connectivity index (χ0) is 45.3. The minimum Gasteiger partial charge on any atom is -0.493 e. The first-order chi connectivity index (χ1) is 32.2. The fourth-order valence-corrected chi connectivity index (χ4v) is 9.47. The van der Waals surface area contributed by atoms with E-state index >= 15 is 9.59 Å². The lowest BCUT2D eigenvalue weighted by atomic mass is 9.92. The summed E-state index contributed by atoms with van der Waals surface area (Å²) in [5.74, 6) is 0.407. The predicted molar refractivity (Wildman–Crippen MR) is 257 cm³/mol. The maximum absolute atomic E-state index is 15.7. The second-order valence-corrected chi connectivity index (χ2v) is 17.1. The number of fused-ring (bicyclic) bond motifs is 3. The number of amides is 2. The van der Waals surface area contributed by atoms with Crippen LogP contribution in [-0.2, 0) is 19.6 Å². The number of aromatic nitrogens is 2. The van der Waals surface area contributed by atoms with Gasteiger partial charge in [-0.2, -0.15) is 0 Å². The van der Waals surface area contributed by atoms with E-state index in [2.05, 4.69) is 35.0 Å². The lowest BCUT2D eigenvalue weighted by Gasteiger charge is -2.41. The first-order valence-corrected chi connectivity index (χ1v) is 22.3. The Hall–Kier alpha value is -7.67. The minimum atomic E-state index is -1.09. The molecule has 1 saturated heterocycles. The quantitative estimate of drug-likeness (QED) is 0.137. The van der Waals surface area contributed by atoms with Crippen LogP contribution in [0.15, 0.2) is 158 Å². The Morgan fingerprint density at radius 3 is 2.18 bits per heavy atom. The number of piperazine rings is 1. The summed E-state index contributed by atoms with van der Waals surface area (Å²) in [5, 5.41) is 11.1. The number of para-hydroxylation sites is 2. The summed E-state index contributed by atoms with van der Waals surface area (Å²) in [7, 11) is 3.74. The lowest BCUT2D eigenvalue weighted by molar-refractivity contribution is 0.0535. The average Bonchev–Trinajstić information content (AvgIpc) is 3.96. The fraction of sp³-hybridized carbons (Fsp3) is 0.204. The van der Waals surface area contributed by atoms with E-state index in [0.717, 1.165) is 60.4 Å². The van der Waals surface area contributed by atoms with Crippen molar-refractivity contribution >= 4 is 51.1 Å². The first-order valence-electron chi connectivity index (χ1n) is 22.3. The second-order valence-electron chi connectivity index (χ2n) is 17.1. The third-order valence-corrected chi connectivity index (χ3v) is 13.0. The molecule has 1 N–H and O–H groups in total. The minimum absolute atomic E-state index is 0.0952. The number of nitrogens with zero attached hydrogens (tertiary/aromatic N) is 6. The average molecular weight is 879 g/mol. The van der Waals surface area contributed by atoms with E-state index in [1.54, 1.807) is 36.3 Å². The van der Waals surface area contributed by atoms with Crippen LogP contribution >= 0.6 is 0 Å². The van der Waals surface area contributed by atoms with Crippen molar-refractivity contribution in [3.63, 3.8) is 0 Å². The standard InChI is InChI=1S/C54H50N6O6/c1-55-25-27-56(28-26-55)34-43-29-38-15-9-10-16-40(38)33-58(43)52(61)45-31-51(66-36-37-13-5-3-6-14-37)50(65-2)32-49(45)59-35-46(44-19-11-12-20-48(44)59)53(62)60(41-17-7-4-8-18-41)42-21-22-47-39(30-42)23-24-57(47)54(63)64/h3-24,30-32,35,43H,25-29,33-34,36H2,1-2H3,(H,63,64)/t43-/m0/s1. The molecule has 1 fully saturated rings. The molecule has 0 radical (unpaired) electrons. The normalized spacial score (nSPS) is 15.4. The van der Waals surface area contributed by atoms with Crippen LogP contribution in [0.2, 0.25) is 0 Å². The highest BCUT2D eigenvalue weighted by Gasteiger charge is 2.35. The number of likely N-dealkylation sites (N-methyl/N-ethyl adjacent to an activating group) is 1. The number of methoxy groups -OCH3 is 1. The summed E-state index contributed by atoms with van der Waals surface area (Å²) in [4.78, 5) is 51.5. The van der Waals surface area contributed by atoms with E-state index in [0.29, 0.717) is 62.5 Å². The number of rotatable bonds is 11. The van der Waals surface area contributed by atoms with Gasteiger partial charge < -0.3 is 28.9 Å². The van der Waals surface area contributed by atoms with Gasteiger partial charge in [-0.25, -0.2) is 4.79 Å². The van der Waals surface area contributed by atoms with Gasteiger partial charge >= 0.3 is 6.09 Å². The number of hydrogen-bond acceptors (Lipinski definition) is 7. The van der Waals surface area contributed by atoms with Crippen molar-refractivity contribution in [2.24, 2.45) is 0 Å². The predicted octanol–water partition coefficient (Wildman–Crippen LogP) is 9.49. The molecule has 1 atom stereocenters. The molecule has 10 rings (SSSR count). The van der Waals surface area contributed by atoms with Crippen LogP contribution in [0, 0.1) is 0 Å². The third kappa shape index (κ3) is 8.16. The van der Waals surface area contributed by atoms with Crippen molar-refractivity contribution < 1.29 is 29.0 Å². The number of anilines is 2. The van der Waals surface area contributed by atoms with Gasteiger partial charge in [0.1, 0.15) is 6.61 Å². The summed E-state index contributed by atoms with van der Waals surface area (Å²) in [6.45, 7) is 5.25. The summed E-state index contributed by atoms with van der Waals surface area (Å²) in [6, 6.07) is 45.9. The third-order valence-electron chi connectivity index (χ3n) is 13.0. The van der Waals surface area contributed by atoms with Crippen LogP contribution in [0.5, 0.6) is 11.5 Å². The molecule has 66 heavy (non-hydrogen) atoms. The van der Waals surface area contributed by atoms with Gasteiger partial charge in [-0.1, -0.05) is 91.0 Å². The van der Waals surface area contributed by atoms with E-state index in [1.165, 1.54) is 11.8 Å². The molecule has 0 aliphatic carbocycles. The van der Waals surface area contributed by atoms with Crippen LogP contribution in [0.1, 0.15) is 37.4 Å². The molecule has 0 unspecified atom stereocenters. The van der Waals surface area contributed by atoms with Crippen LogP contribution in [-0.4, -0.2) is 99.8 Å². The van der Waals surface area contributed by atoms with Gasteiger partial charge in [0.05, 0.1) is 35.0 Å². The van der Waals surface area contributed by atoms with Crippen LogP contribution < -0.4 is 14.4 Å². The number of hydrogen-bond donors (Lipinski definition) is 1. The molecule has 2 aromatic heterocycles. The molecule has 8 aromatic rings. The maximum Gasteiger partial charge on any atom is 0.415 e. The van der Waals surface area contributed by atoms with Crippen molar-refractivity contribution in [2.45, 2.75) is 25.6 Å². The maximum atomic E-state index is 15.7. The number of carbonyl (C=O) groups excluding carboxylic acids is 2. The van der Waals surface area contributed by atoms with E-state index in [9.17, 15) is 9.90 Å². The summed E-state index contributed by atoms with van der Waals surface area (Å²) >= 11 is 0. The smallest absolute Gasteiger partial charge is 0.415 e. The van der Waals surface area contributed by atoms with Crippen molar-refractivity contribution in [3.8, 4) is 17.2 Å². The van der Waals surface area contributed by atoms with Gasteiger partial charge in [0.25, 0.3) is 11.8 Å². The number of benzene rings is 6. The van der Waals surface area contributed by atoms with Crippen LogP contribution in [0.3, 0.4) is 0 Å². The molecule has 4 heterocycles. The molecule has 2 aliphatic heterocycles. The molecule has 12 nitrogen and oxygen atoms in total. The SMILES string of the molecule is COc1cc(-n2cc(C(=O)N(c3ccccc3)c3ccc4c(ccn4C(=O)O)c3)c3ccccc32)c(C(=O)N2Cc3ccccc3C[C@H]2CN2CCN(C)CC2)cc1OCc1ccccc1. The van der Waals surface area contributed by atoms with Gasteiger partial charge in [0, 0.05) is 85.9 Å². The summed E-state index contributed by atoms with van der Waals surface area (Å²) in [6.07, 6.45) is 2.94. The lowest BCUT2D eigenvalue weighted by Crippen LogP contribution is -2.53. The largest absolute Gasteiger partial charge is 0.493 e. The highest BCUT2D eigenvalue weighted by Crippen LogP contribution is 2.39. The Morgan fingerprint density at radius 1 is 0.712 bits per heavy atom. The Labute approximate surface area is 383 Å². The van der Waals surface area contributed by atoms with E-state index in [-0.39, 0.29) is 24.5 Å². The van der Waals surface area contributed by atoms with Gasteiger partial charge in [-0.3, -0.25) is 24.0 Å². The molecule has 0 bridgehead atoms. The first kappa shape index (κ1) is 42.3. The molecule has 332 valence electrons. The molecular weight excluding hydrogens is 829 g/mol. The van der Waals surface area contributed by atoms with Crippen molar-refractivity contribution in [3.05, 3.63) is 186 Å². The monoisotopic (exact) mass is 878 g/mol. The highest BCUT2D eigenvalue weighted by molar-refractivity contribution is 6.18. The zero-order valence-electron chi connectivity index (χ0n) is 36.9. The van der Waals surface area contributed by atoms with Crippen molar-refractivity contribution in [1.29, 1.82) is 0 Å². The van der Waals surface area contributed by atoms with Gasteiger partial charge in [-0.15, -0.1) is 0 Å². The van der Waals surface area contributed by atoms with E-state index < -0.39 is 6.09 Å². The molecule has 2 aliphatic rings. The zero-order valence-corrected chi connectivity index (χ0v) is 36.9. The second kappa shape index (κ2) is 18.1. The summed E-state index contributed by atoms with van der Waals surface area (Å²) < 4.78 is 15.6. The Bertz CT molecular complexity index is 3080. The number of carboxylic acid groups (broad SMARTS) is 1. The Balaban J connectivity index is 1.11. The molecule has 6 aromatic carbocycles. The molecule has 2 amide bonds.